The lowest BCUT2D eigenvalue weighted by Gasteiger charge is -2.16. The molecule has 4 aromatic rings. The number of hydrogen-bond donors (Lipinski definition) is 2. The predicted octanol–water partition coefficient (Wildman–Crippen LogP) is 8.61. The standard InChI is InChI=1S/C25H25Cl2N5S.C2H6/c1-5-29-21-14(2)22-25(32-23(21)28-4)33-24(31-22)17-8-6-7-16(11-17)15(3)30-13-18-9-10-19(26)12-20(18)27;1-2/h5-12,15,30H,13H2,1-4H3,(H,28,32);1-2H3. The Balaban J connectivity index is 0.00000167. The van der Waals surface area contributed by atoms with Crippen molar-refractivity contribution in [2.24, 2.45) is 4.99 Å². The van der Waals surface area contributed by atoms with E-state index in [1.807, 2.05) is 46.9 Å². The monoisotopic (exact) mass is 527 g/mol. The van der Waals surface area contributed by atoms with E-state index in [2.05, 4.69) is 46.8 Å². The van der Waals surface area contributed by atoms with Crippen molar-refractivity contribution in [3.05, 3.63) is 69.2 Å². The van der Waals surface area contributed by atoms with Gasteiger partial charge in [0.2, 0.25) is 0 Å². The van der Waals surface area contributed by atoms with Gasteiger partial charge in [-0.05, 0) is 50.1 Å². The average Bonchev–Trinajstić information content (AvgIpc) is 3.31. The van der Waals surface area contributed by atoms with Gasteiger partial charge in [0.25, 0.3) is 0 Å². The number of anilines is 1. The third-order valence-corrected chi connectivity index (χ3v) is 7.08. The van der Waals surface area contributed by atoms with Crippen LogP contribution in [0, 0.1) is 6.92 Å². The smallest absolute Gasteiger partial charge is 0.153 e. The SMILES string of the molecule is CC.CC=Nc1c(NC)nc2sc(-c3cccc(C(C)NCc4ccc(Cl)cc4Cl)c3)nc2c1C. The number of nitrogens with one attached hydrogen (secondary N) is 2. The highest BCUT2D eigenvalue weighted by Gasteiger charge is 2.16. The molecule has 2 heterocycles. The van der Waals surface area contributed by atoms with E-state index in [0.29, 0.717) is 16.6 Å². The molecule has 0 bridgehead atoms. The molecule has 1 unspecified atom stereocenters. The largest absolute Gasteiger partial charge is 0.371 e. The van der Waals surface area contributed by atoms with Gasteiger partial charge in [-0.25, -0.2) is 9.97 Å². The van der Waals surface area contributed by atoms with Crippen LogP contribution in [0.2, 0.25) is 10.0 Å². The normalized spacial score (nSPS) is 12.0. The van der Waals surface area contributed by atoms with Gasteiger partial charge < -0.3 is 10.6 Å². The molecule has 0 fully saturated rings. The fourth-order valence-electron chi connectivity index (χ4n) is 3.65. The molecular weight excluding hydrogens is 497 g/mol. The number of thiazole rings is 1. The van der Waals surface area contributed by atoms with Gasteiger partial charge in [0.05, 0.1) is 0 Å². The maximum atomic E-state index is 6.32. The Kier molecular flexibility index (Phi) is 9.63. The molecule has 2 aromatic heterocycles. The average molecular weight is 529 g/mol. The third kappa shape index (κ3) is 6.19. The number of halogens is 2. The molecule has 0 aliphatic rings. The van der Waals surface area contributed by atoms with E-state index in [1.165, 1.54) is 5.56 Å². The van der Waals surface area contributed by atoms with Crippen molar-refractivity contribution in [3.8, 4) is 10.6 Å². The summed E-state index contributed by atoms with van der Waals surface area (Å²) in [5.41, 5.74) is 6.01. The lowest BCUT2D eigenvalue weighted by Crippen LogP contribution is -2.18. The molecule has 4 rings (SSSR count). The number of nitrogens with zero attached hydrogens (tertiary/aromatic N) is 3. The summed E-state index contributed by atoms with van der Waals surface area (Å²) >= 11 is 13.9. The van der Waals surface area contributed by atoms with Gasteiger partial charge in [0.15, 0.2) is 5.82 Å². The molecule has 2 aromatic carbocycles. The Hall–Kier alpha value is -2.51. The van der Waals surface area contributed by atoms with Crippen LogP contribution in [0.1, 0.15) is 50.4 Å². The van der Waals surface area contributed by atoms with Crippen LogP contribution in [-0.4, -0.2) is 23.2 Å². The minimum Gasteiger partial charge on any atom is -0.371 e. The van der Waals surface area contributed by atoms with Crippen LogP contribution in [0.15, 0.2) is 47.5 Å². The van der Waals surface area contributed by atoms with Gasteiger partial charge in [-0.15, -0.1) is 0 Å². The summed E-state index contributed by atoms with van der Waals surface area (Å²) in [4.78, 5) is 15.1. The summed E-state index contributed by atoms with van der Waals surface area (Å²) in [5, 5.41) is 8.94. The van der Waals surface area contributed by atoms with Crippen LogP contribution in [0.3, 0.4) is 0 Å². The van der Waals surface area contributed by atoms with E-state index < -0.39 is 0 Å². The Morgan fingerprint density at radius 2 is 1.89 bits per heavy atom. The van der Waals surface area contributed by atoms with Crippen molar-refractivity contribution in [2.45, 2.75) is 47.2 Å². The van der Waals surface area contributed by atoms with Crippen molar-refractivity contribution >= 4 is 62.6 Å². The van der Waals surface area contributed by atoms with Gasteiger partial charge in [-0.1, -0.05) is 72.7 Å². The Morgan fingerprint density at radius 1 is 1.11 bits per heavy atom. The lowest BCUT2D eigenvalue weighted by molar-refractivity contribution is 0.575. The van der Waals surface area contributed by atoms with E-state index >= 15 is 0 Å². The highest BCUT2D eigenvalue weighted by molar-refractivity contribution is 7.21. The molecule has 0 amide bonds. The number of aliphatic imine (C=N–C) groups is 1. The zero-order chi connectivity index (χ0) is 25.5. The van der Waals surface area contributed by atoms with Gasteiger partial charge >= 0.3 is 0 Å². The van der Waals surface area contributed by atoms with E-state index in [-0.39, 0.29) is 6.04 Å². The van der Waals surface area contributed by atoms with Crippen LogP contribution in [0.5, 0.6) is 0 Å². The fraction of sp³-hybridized carbons (Fsp3) is 0.296. The highest BCUT2D eigenvalue weighted by atomic mass is 35.5. The number of aryl methyl sites for hydroxylation is 1. The molecule has 0 radical (unpaired) electrons. The van der Waals surface area contributed by atoms with Crippen molar-refractivity contribution in [2.75, 3.05) is 12.4 Å². The van der Waals surface area contributed by atoms with Gasteiger partial charge in [-0.3, -0.25) is 4.99 Å². The van der Waals surface area contributed by atoms with Crippen molar-refractivity contribution in [1.82, 2.24) is 15.3 Å². The quantitative estimate of drug-likeness (QED) is 0.236. The minimum absolute atomic E-state index is 0.132. The van der Waals surface area contributed by atoms with E-state index in [1.54, 1.807) is 23.6 Å². The summed E-state index contributed by atoms with van der Waals surface area (Å²) in [7, 11) is 1.86. The molecule has 184 valence electrons. The molecular formula is C27H31Cl2N5S. The molecule has 0 saturated carbocycles. The first-order valence-corrected chi connectivity index (χ1v) is 13.2. The minimum atomic E-state index is 0.132. The Bertz CT molecular complexity index is 1330. The maximum absolute atomic E-state index is 6.32. The second-order valence-electron chi connectivity index (χ2n) is 7.71. The molecule has 2 N–H and O–H groups in total. The summed E-state index contributed by atoms with van der Waals surface area (Å²) in [6.45, 7) is 10.7. The number of hydrogen-bond acceptors (Lipinski definition) is 6. The van der Waals surface area contributed by atoms with Crippen molar-refractivity contribution in [3.63, 3.8) is 0 Å². The zero-order valence-electron chi connectivity index (χ0n) is 20.9. The number of benzene rings is 2. The number of aromatic nitrogens is 2. The van der Waals surface area contributed by atoms with Gasteiger partial charge in [0, 0.05) is 47.0 Å². The van der Waals surface area contributed by atoms with Crippen LogP contribution < -0.4 is 10.6 Å². The predicted molar refractivity (Wildman–Crippen MR) is 154 cm³/mol. The third-order valence-electron chi connectivity index (χ3n) is 5.50. The first kappa shape index (κ1) is 27.1. The number of fused-ring (bicyclic) bond motifs is 1. The second-order valence-corrected chi connectivity index (χ2v) is 9.53. The molecule has 1 atom stereocenters. The number of pyridine rings is 1. The Labute approximate surface area is 221 Å². The number of rotatable bonds is 7. The fourth-order valence-corrected chi connectivity index (χ4v) is 5.12. The van der Waals surface area contributed by atoms with Crippen LogP contribution in [0.4, 0.5) is 11.5 Å². The first-order valence-electron chi connectivity index (χ1n) is 11.7. The molecule has 0 saturated heterocycles. The van der Waals surface area contributed by atoms with E-state index in [9.17, 15) is 0 Å². The zero-order valence-corrected chi connectivity index (χ0v) is 23.2. The summed E-state index contributed by atoms with van der Waals surface area (Å²) in [5.74, 6) is 0.765. The molecule has 0 aliphatic heterocycles. The van der Waals surface area contributed by atoms with Gasteiger partial charge in [0.1, 0.15) is 21.0 Å². The van der Waals surface area contributed by atoms with E-state index in [4.69, 9.17) is 33.2 Å². The molecule has 0 spiro atoms. The lowest BCUT2D eigenvalue weighted by atomic mass is 10.0. The summed E-state index contributed by atoms with van der Waals surface area (Å²) in [6.07, 6.45) is 1.78. The molecule has 5 nitrogen and oxygen atoms in total. The molecule has 35 heavy (non-hydrogen) atoms. The van der Waals surface area contributed by atoms with E-state index in [0.717, 1.165) is 43.6 Å². The van der Waals surface area contributed by atoms with Crippen LogP contribution >= 0.6 is 34.5 Å². The van der Waals surface area contributed by atoms with Crippen molar-refractivity contribution in [1.29, 1.82) is 0 Å². The first-order chi connectivity index (χ1) is 16.9. The topological polar surface area (TPSA) is 62.2 Å². The second kappa shape index (κ2) is 12.5. The maximum Gasteiger partial charge on any atom is 0.153 e. The highest BCUT2D eigenvalue weighted by Crippen LogP contribution is 2.38. The van der Waals surface area contributed by atoms with Crippen molar-refractivity contribution < 1.29 is 0 Å². The summed E-state index contributed by atoms with van der Waals surface area (Å²) < 4.78 is 0. The summed E-state index contributed by atoms with van der Waals surface area (Å²) in [6, 6.07) is 14.2. The van der Waals surface area contributed by atoms with Crippen LogP contribution in [0.25, 0.3) is 20.9 Å². The Morgan fingerprint density at radius 3 is 2.57 bits per heavy atom. The molecule has 0 aliphatic carbocycles. The molecule has 8 heteroatoms. The van der Waals surface area contributed by atoms with Gasteiger partial charge in [-0.2, -0.15) is 0 Å². The van der Waals surface area contributed by atoms with Crippen LogP contribution in [-0.2, 0) is 6.54 Å².